The van der Waals surface area contributed by atoms with Crippen LogP contribution in [0.3, 0.4) is 0 Å². The van der Waals surface area contributed by atoms with Gasteiger partial charge in [0.2, 0.25) is 5.91 Å². The van der Waals surface area contributed by atoms with Crippen molar-refractivity contribution < 1.29 is 4.79 Å². The summed E-state index contributed by atoms with van der Waals surface area (Å²) in [5, 5.41) is 2.95. The maximum atomic E-state index is 11.5. The highest BCUT2D eigenvalue weighted by molar-refractivity contribution is 5.80. The normalized spacial score (nSPS) is 21.4. The third kappa shape index (κ3) is 4.62. The van der Waals surface area contributed by atoms with E-state index in [9.17, 15) is 4.79 Å². The topological polar surface area (TPSA) is 58.4 Å². The molecule has 2 rings (SSSR count). The fourth-order valence-electron chi connectivity index (χ4n) is 2.71. The molecule has 1 aliphatic rings. The summed E-state index contributed by atoms with van der Waals surface area (Å²) in [5.41, 5.74) is 6.91. The Labute approximate surface area is 121 Å². The molecule has 0 bridgehead atoms. The third-order valence-electron chi connectivity index (χ3n) is 3.83. The first-order chi connectivity index (χ1) is 9.65. The number of amides is 1. The smallest absolute Gasteiger partial charge is 0.236 e. The van der Waals surface area contributed by atoms with Crippen LogP contribution in [0.2, 0.25) is 0 Å². The Morgan fingerprint density at radius 2 is 2.20 bits per heavy atom. The van der Waals surface area contributed by atoms with E-state index in [0.717, 1.165) is 26.2 Å². The molecule has 0 saturated carbocycles. The fourth-order valence-corrected chi connectivity index (χ4v) is 2.71. The molecule has 20 heavy (non-hydrogen) atoms. The van der Waals surface area contributed by atoms with Gasteiger partial charge in [0.25, 0.3) is 0 Å². The number of carbonyl (C=O) groups is 1. The average molecular weight is 275 g/mol. The van der Waals surface area contributed by atoms with E-state index >= 15 is 0 Å². The summed E-state index contributed by atoms with van der Waals surface area (Å²) in [6.45, 7) is 5.66. The zero-order valence-electron chi connectivity index (χ0n) is 12.2. The van der Waals surface area contributed by atoms with E-state index in [1.165, 1.54) is 18.4 Å². The lowest BCUT2D eigenvalue weighted by atomic mass is 9.97. The van der Waals surface area contributed by atoms with E-state index in [1.54, 1.807) is 6.92 Å². The van der Waals surface area contributed by atoms with E-state index in [4.69, 9.17) is 5.73 Å². The van der Waals surface area contributed by atoms with Crippen LogP contribution in [0.5, 0.6) is 0 Å². The molecule has 1 fully saturated rings. The minimum atomic E-state index is -0.418. The van der Waals surface area contributed by atoms with Crippen molar-refractivity contribution in [2.24, 2.45) is 11.7 Å². The number of likely N-dealkylation sites (tertiary alicyclic amines) is 1. The zero-order chi connectivity index (χ0) is 14.4. The van der Waals surface area contributed by atoms with Crippen molar-refractivity contribution >= 4 is 5.91 Å². The summed E-state index contributed by atoms with van der Waals surface area (Å²) in [6, 6.07) is 10.1. The second-order valence-electron chi connectivity index (χ2n) is 5.76. The van der Waals surface area contributed by atoms with Crippen molar-refractivity contribution in [3.05, 3.63) is 35.9 Å². The van der Waals surface area contributed by atoms with E-state index < -0.39 is 6.04 Å². The Hall–Kier alpha value is -1.39. The van der Waals surface area contributed by atoms with Crippen molar-refractivity contribution in [2.75, 3.05) is 19.6 Å². The highest BCUT2D eigenvalue weighted by Crippen LogP contribution is 2.18. The Morgan fingerprint density at radius 3 is 2.90 bits per heavy atom. The number of nitrogens with two attached hydrogens (primary N) is 1. The first-order valence-corrected chi connectivity index (χ1v) is 7.44. The quantitative estimate of drug-likeness (QED) is 0.853. The molecule has 0 aromatic heterocycles. The molecule has 1 aromatic carbocycles. The van der Waals surface area contributed by atoms with Crippen LogP contribution in [-0.4, -0.2) is 36.5 Å². The van der Waals surface area contributed by atoms with Gasteiger partial charge < -0.3 is 11.1 Å². The van der Waals surface area contributed by atoms with Crippen LogP contribution in [-0.2, 0) is 11.3 Å². The lowest BCUT2D eigenvalue weighted by Gasteiger charge is -2.33. The second-order valence-corrected chi connectivity index (χ2v) is 5.76. The van der Waals surface area contributed by atoms with Crippen molar-refractivity contribution in [3.8, 4) is 0 Å². The molecule has 0 spiro atoms. The Balaban J connectivity index is 1.78. The van der Waals surface area contributed by atoms with Gasteiger partial charge >= 0.3 is 0 Å². The maximum absolute atomic E-state index is 11.5. The standard InChI is InChI=1S/C16H25N3O/c1-13(17)16(20)18-10-15-8-5-9-19(12-15)11-14-6-3-2-4-7-14/h2-4,6-7,13,15H,5,8-12,17H2,1H3,(H,18,20). The number of hydrogen-bond acceptors (Lipinski definition) is 3. The lowest BCUT2D eigenvalue weighted by Crippen LogP contribution is -2.44. The molecule has 2 unspecified atom stereocenters. The molecule has 2 atom stereocenters. The van der Waals surface area contributed by atoms with Gasteiger partial charge in [-0.15, -0.1) is 0 Å². The van der Waals surface area contributed by atoms with Gasteiger partial charge in [-0.2, -0.15) is 0 Å². The van der Waals surface area contributed by atoms with Gasteiger partial charge in [0.1, 0.15) is 0 Å². The van der Waals surface area contributed by atoms with Crippen molar-refractivity contribution in [2.45, 2.75) is 32.4 Å². The highest BCUT2D eigenvalue weighted by atomic mass is 16.2. The predicted molar refractivity (Wildman–Crippen MR) is 81.1 cm³/mol. The molecule has 1 heterocycles. The molecular formula is C16H25N3O. The van der Waals surface area contributed by atoms with Gasteiger partial charge in [-0.1, -0.05) is 30.3 Å². The van der Waals surface area contributed by atoms with Crippen LogP contribution >= 0.6 is 0 Å². The molecule has 1 saturated heterocycles. The highest BCUT2D eigenvalue weighted by Gasteiger charge is 2.20. The van der Waals surface area contributed by atoms with Crippen LogP contribution in [0.25, 0.3) is 0 Å². The largest absolute Gasteiger partial charge is 0.354 e. The predicted octanol–water partition coefficient (Wildman–Crippen LogP) is 1.36. The maximum Gasteiger partial charge on any atom is 0.236 e. The Morgan fingerprint density at radius 1 is 1.45 bits per heavy atom. The number of benzene rings is 1. The lowest BCUT2D eigenvalue weighted by molar-refractivity contribution is -0.122. The number of carbonyl (C=O) groups excluding carboxylic acids is 1. The van der Waals surface area contributed by atoms with Crippen molar-refractivity contribution in [1.82, 2.24) is 10.2 Å². The number of nitrogens with zero attached hydrogens (tertiary/aromatic N) is 1. The monoisotopic (exact) mass is 275 g/mol. The average Bonchev–Trinajstić information content (AvgIpc) is 2.46. The van der Waals surface area contributed by atoms with Crippen LogP contribution in [0.1, 0.15) is 25.3 Å². The number of hydrogen-bond donors (Lipinski definition) is 2. The molecular weight excluding hydrogens is 250 g/mol. The van der Waals surface area contributed by atoms with Gasteiger partial charge in [0, 0.05) is 19.6 Å². The first kappa shape index (κ1) is 15.0. The fraction of sp³-hybridized carbons (Fsp3) is 0.562. The minimum absolute atomic E-state index is 0.0508. The van der Waals surface area contributed by atoms with E-state index in [0.29, 0.717) is 5.92 Å². The SMILES string of the molecule is CC(N)C(=O)NCC1CCCN(Cc2ccccc2)C1. The molecule has 110 valence electrons. The molecule has 3 N–H and O–H groups in total. The van der Waals surface area contributed by atoms with Crippen molar-refractivity contribution in [1.29, 1.82) is 0 Å². The molecule has 1 aliphatic heterocycles. The van der Waals surface area contributed by atoms with Crippen LogP contribution in [0.15, 0.2) is 30.3 Å². The zero-order valence-corrected chi connectivity index (χ0v) is 12.2. The van der Waals surface area contributed by atoms with E-state index in [-0.39, 0.29) is 5.91 Å². The molecule has 1 aromatic rings. The number of rotatable bonds is 5. The molecule has 0 aliphatic carbocycles. The summed E-state index contributed by atoms with van der Waals surface area (Å²) >= 11 is 0. The molecule has 4 nitrogen and oxygen atoms in total. The first-order valence-electron chi connectivity index (χ1n) is 7.44. The van der Waals surface area contributed by atoms with Gasteiger partial charge in [0.15, 0.2) is 0 Å². The van der Waals surface area contributed by atoms with E-state index in [2.05, 4.69) is 34.5 Å². The van der Waals surface area contributed by atoms with Gasteiger partial charge in [-0.25, -0.2) is 0 Å². The van der Waals surface area contributed by atoms with E-state index in [1.807, 2.05) is 6.07 Å². The number of piperidine rings is 1. The second kappa shape index (κ2) is 7.41. The van der Waals surface area contributed by atoms with Crippen LogP contribution < -0.4 is 11.1 Å². The summed E-state index contributed by atoms with van der Waals surface area (Å²) in [7, 11) is 0. The minimum Gasteiger partial charge on any atom is -0.354 e. The van der Waals surface area contributed by atoms with Gasteiger partial charge in [0.05, 0.1) is 6.04 Å². The molecule has 1 amide bonds. The summed E-state index contributed by atoms with van der Waals surface area (Å²) in [5.74, 6) is 0.486. The Kier molecular flexibility index (Phi) is 5.56. The third-order valence-corrected chi connectivity index (χ3v) is 3.83. The summed E-state index contributed by atoms with van der Waals surface area (Å²) in [6.07, 6.45) is 2.38. The van der Waals surface area contributed by atoms with Crippen LogP contribution in [0, 0.1) is 5.92 Å². The number of nitrogens with one attached hydrogen (secondary N) is 1. The Bertz CT molecular complexity index is 419. The van der Waals surface area contributed by atoms with Crippen LogP contribution in [0.4, 0.5) is 0 Å². The van der Waals surface area contributed by atoms with Gasteiger partial charge in [-0.05, 0) is 37.8 Å². The molecule has 4 heteroatoms. The van der Waals surface area contributed by atoms with Gasteiger partial charge in [-0.3, -0.25) is 9.69 Å². The summed E-state index contributed by atoms with van der Waals surface area (Å²) < 4.78 is 0. The van der Waals surface area contributed by atoms with Crippen molar-refractivity contribution in [3.63, 3.8) is 0 Å². The summed E-state index contributed by atoms with van der Waals surface area (Å²) in [4.78, 5) is 14.0. The molecule has 0 radical (unpaired) electrons.